The molecule has 0 aliphatic carbocycles. The van der Waals surface area contributed by atoms with Crippen LogP contribution in [0.4, 0.5) is 0 Å². The summed E-state index contributed by atoms with van der Waals surface area (Å²) in [4.78, 5) is 22.6. The van der Waals surface area contributed by atoms with E-state index in [9.17, 15) is 14.7 Å². The molecular weight excluding hydrogens is 306 g/mol. The second kappa shape index (κ2) is 10.7. The van der Waals surface area contributed by atoms with E-state index in [0.717, 1.165) is 37.7 Å². The summed E-state index contributed by atoms with van der Waals surface area (Å²) >= 11 is 0. The highest BCUT2D eigenvalue weighted by molar-refractivity contribution is 5.97. The molecule has 0 aromatic heterocycles. The Morgan fingerprint density at radius 3 is 2.46 bits per heavy atom. The van der Waals surface area contributed by atoms with Crippen LogP contribution >= 0.6 is 0 Å². The van der Waals surface area contributed by atoms with E-state index in [0.29, 0.717) is 24.4 Å². The molecule has 5 nitrogen and oxygen atoms in total. The summed E-state index contributed by atoms with van der Waals surface area (Å²) < 4.78 is 0. The van der Waals surface area contributed by atoms with E-state index in [1.165, 1.54) is 0 Å². The fourth-order valence-corrected chi connectivity index (χ4v) is 2.51. The monoisotopic (exact) mass is 335 g/mol. The van der Waals surface area contributed by atoms with E-state index in [-0.39, 0.29) is 18.1 Å². The van der Waals surface area contributed by atoms with Crippen molar-refractivity contribution in [1.29, 1.82) is 0 Å². The number of rotatable bonds is 11. The minimum atomic E-state index is -0.748. The molecule has 0 radical (unpaired) electrons. The van der Waals surface area contributed by atoms with Crippen molar-refractivity contribution in [1.82, 2.24) is 5.32 Å². The predicted octanol–water partition coefficient (Wildman–Crippen LogP) is 4.06. The quantitative estimate of drug-likeness (QED) is 0.532. The van der Waals surface area contributed by atoms with E-state index < -0.39 is 5.97 Å². The Labute approximate surface area is 144 Å². The minimum Gasteiger partial charge on any atom is -0.507 e. The largest absolute Gasteiger partial charge is 0.507 e. The van der Waals surface area contributed by atoms with Gasteiger partial charge in [0.05, 0.1) is 5.56 Å². The molecular formula is C19H29NO4. The molecule has 1 rings (SSSR count). The molecule has 24 heavy (non-hydrogen) atoms. The number of hydrogen-bond acceptors (Lipinski definition) is 3. The van der Waals surface area contributed by atoms with E-state index in [1.807, 2.05) is 6.07 Å². The van der Waals surface area contributed by atoms with Crippen molar-refractivity contribution in [3.8, 4) is 5.75 Å². The molecule has 0 aliphatic rings. The van der Waals surface area contributed by atoms with Gasteiger partial charge in [0.2, 0.25) is 0 Å². The number of nitrogens with one attached hydrogen (secondary N) is 1. The van der Waals surface area contributed by atoms with Crippen LogP contribution in [0.3, 0.4) is 0 Å². The first-order valence-corrected chi connectivity index (χ1v) is 8.78. The molecule has 1 amide bonds. The summed E-state index contributed by atoms with van der Waals surface area (Å²) in [5.74, 6) is -0.638. The van der Waals surface area contributed by atoms with Gasteiger partial charge in [0.25, 0.3) is 5.91 Å². The number of carboxylic acid groups (broad SMARTS) is 1. The fourth-order valence-electron chi connectivity index (χ4n) is 2.51. The number of phenols is 1. The number of carbonyl (C=O) groups excluding carboxylic acids is 1. The summed E-state index contributed by atoms with van der Waals surface area (Å²) in [5.41, 5.74) is 1.38. The van der Waals surface area contributed by atoms with E-state index in [4.69, 9.17) is 5.11 Å². The second-order valence-electron chi connectivity index (χ2n) is 6.25. The third kappa shape index (κ3) is 7.02. The maximum absolute atomic E-state index is 12.2. The second-order valence-corrected chi connectivity index (χ2v) is 6.25. The Kier molecular flexibility index (Phi) is 8.90. The van der Waals surface area contributed by atoms with Gasteiger partial charge in [0.15, 0.2) is 0 Å². The van der Waals surface area contributed by atoms with Crippen LogP contribution in [0.2, 0.25) is 0 Å². The molecule has 3 N–H and O–H groups in total. The van der Waals surface area contributed by atoms with Crippen LogP contribution in [0, 0.1) is 0 Å². The third-order valence-corrected chi connectivity index (χ3v) is 4.30. The molecule has 0 saturated carbocycles. The van der Waals surface area contributed by atoms with Gasteiger partial charge in [-0.1, -0.05) is 39.2 Å². The number of aromatic hydroxyl groups is 1. The average molecular weight is 335 g/mol. The molecule has 0 fully saturated rings. The number of benzene rings is 1. The van der Waals surface area contributed by atoms with Crippen LogP contribution in [-0.4, -0.2) is 28.6 Å². The Balaban J connectivity index is 2.34. The maximum Gasteiger partial charge on any atom is 0.303 e. The van der Waals surface area contributed by atoms with Crippen LogP contribution in [0.15, 0.2) is 18.2 Å². The number of unbranched alkanes of at least 4 members (excludes halogenated alkanes) is 4. The van der Waals surface area contributed by atoms with Crippen molar-refractivity contribution >= 4 is 11.9 Å². The van der Waals surface area contributed by atoms with Crippen LogP contribution in [-0.2, 0) is 4.79 Å². The van der Waals surface area contributed by atoms with Crippen LogP contribution in [0.5, 0.6) is 5.75 Å². The minimum absolute atomic E-state index is 0.00761. The topological polar surface area (TPSA) is 86.6 Å². The third-order valence-electron chi connectivity index (χ3n) is 4.30. The molecule has 0 aliphatic heterocycles. The highest BCUT2D eigenvalue weighted by Gasteiger charge is 2.13. The number of phenolic OH excluding ortho intramolecular Hbond substituents is 1. The van der Waals surface area contributed by atoms with Gasteiger partial charge in [-0.2, -0.15) is 0 Å². The summed E-state index contributed by atoms with van der Waals surface area (Å²) in [6.07, 6.45) is 5.59. The first-order chi connectivity index (χ1) is 11.5. The van der Waals surface area contributed by atoms with Crippen molar-refractivity contribution in [2.45, 2.75) is 64.7 Å². The van der Waals surface area contributed by atoms with Crippen molar-refractivity contribution < 1.29 is 19.8 Å². The van der Waals surface area contributed by atoms with Crippen LogP contribution < -0.4 is 5.32 Å². The van der Waals surface area contributed by atoms with Gasteiger partial charge >= 0.3 is 5.97 Å². The zero-order valence-corrected chi connectivity index (χ0v) is 14.7. The molecule has 1 atom stereocenters. The van der Waals surface area contributed by atoms with Crippen molar-refractivity contribution in [3.63, 3.8) is 0 Å². The van der Waals surface area contributed by atoms with Gasteiger partial charge in [0, 0.05) is 13.0 Å². The zero-order valence-electron chi connectivity index (χ0n) is 14.7. The summed E-state index contributed by atoms with van der Waals surface area (Å²) in [6.45, 7) is 4.75. The normalized spacial score (nSPS) is 11.9. The lowest BCUT2D eigenvalue weighted by Gasteiger charge is -2.12. The average Bonchev–Trinajstić information content (AvgIpc) is 2.56. The number of carbonyl (C=O) groups is 2. The fraction of sp³-hybridized carbons (Fsp3) is 0.579. The van der Waals surface area contributed by atoms with E-state index in [2.05, 4.69) is 19.2 Å². The van der Waals surface area contributed by atoms with Gasteiger partial charge < -0.3 is 15.5 Å². The number of hydrogen-bond donors (Lipinski definition) is 3. The van der Waals surface area contributed by atoms with Crippen molar-refractivity contribution in [2.75, 3.05) is 6.54 Å². The van der Waals surface area contributed by atoms with Gasteiger partial charge in [-0.05, 0) is 42.9 Å². The molecule has 0 bridgehead atoms. The molecule has 134 valence electrons. The Bertz CT molecular complexity index is 542. The van der Waals surface area contributed by atoms with Gasteiger partial charge in [-0.15, -0.1) is 0 Å². The van der Waals surface area contributed by atoms with Crippen molar-refractivity contribution in [3.05, 3.63) is 29.3 Å². The Morgan fingerprint density at radius 1 is 1.12 bits per heavy atom. The van der Waals surface area contributed by atoms with E-state index >= 15 is 0 Å². The molecule has 1 aromatic rings. The van der Waals surface area contributed by atoms with Gasteiger partial charge in [-0.25, -0.2) is 0 Å². The lowest BCUT2D eigenvalue weighted by molar-refractivity contribution is -0.137. The molecule has 0 saturated heterocycles. The van der Waals surface area contributed by atoms with Gasteiger partial charge in [-0.3, -0.25) is 9.59 Å². The molecule has 1 aromatic carbocycles. The Hall–Kier alpha value is -2.04. The molecule has 0 spiro atoms. The predicted molar refractivity (Wildman–Crippen MR) is 94.5 cm³/mol. The van der Waals surface area contributed by atoms with Crippen LogP contribution in [0.25, 0.3) is 0 Å². The SMILES string of the molecule is CCC(C)c1ccc(O)c(C(=O)NCCCCCCCC(=O)O)c1. The number of carboxylic acids is 1. The Morgan fingerprint density at radius 2 is 1.79 bits per heavy atom. The number of amides is 1. The summed E-state index contributed by atoms with van der Waals surface area (Å²) in [6, 6.07) is 5.21. The first kappa shape index (κ1) is 20.0. The summed E-state index contributed by atoms with van der Waals surface area (Å²) in [5, 5.41) is 21.3. The smallest absolute Gasteiger partial charge is 0.303 e. The zero-order chi connectivity index (χ0) is 17.9. The summed E-state index contributed by atoms with van der Waals surface area (Å²) in [7, 11) is 0. The number of aliphatic carboxylic acids is 1. The highest BCUT2D eigenvalue weighted by atomic mass is 16.4. The van der Waals surface area contributed by atoms with Crippen LogP contribution in [0.1, 0.15) is 80.6 Å². The standard InChI is InChI=1S/C19H29NO4/c1-3-14(2)15-10-11-17(21)16(13-15)19(24)20-12-8-6-4-5-7-9-18(22)23/h10-11,13-14,21H,3-9,12H2,1-2H3,(H,20,24)(H,22,23). The highest BCUT2D eigenvalue weighted by Crippen LogP contribution is 2.25. The van der Waals surface area contributed by atoms with E-state index in [1.54, 1.807) is 12.1 Å². The first-order valence-electron chi connectivity index (χ1n) is 8.78. The lowest BCUT2D eigenvalue weighted by atomic mass is 9.96. The lowest BCUT2D eigenvalue weighted by Crippen LogP contribution is -2.24. The molecule has 5 heteroatoms. The maximum atomic E-state index is 12.2. The molecule has 1 unspecified atom stereocenters. The van der Waals surface area contributed by atoms with Crippen molar-refractivity contribution in [2.24, 2.45) is 0 Å². The van der Waals surface area contributed by atoms with Gasteiger partial charge in [0.1, 0.15) is 5.75 Å². The molecule has 0 heterocycles.